The highest BCUT2D eigenvalue weighted by molar-refractivity contribution is 14.1. The maximum Gasteiger partial charge on any atom is 0.192 e. The van der Waals surface area contributed by atoms with Gasteiger partial charge in [-0.1, -0.05) is 12.1 Å². The standard InChI is InChI=1S/C18H15IN2O2S/c1-22-12-4-6-13(15(9-12)23-2)10-3-5-14-11(7-10)8-16-17(14)20-18(21-19)24-16/h3-7,9H,8H2,1-2H3,(H,20,21). The van der Waals surface area contributed by atoms with Crippen molar-refractivity contribution in [2.75, 3.05) is 17.7 Å². The molecule has 2 aromatic carbocycles. The molecule has 0 atom stereocenters. The topological polar surface area (TPSA) is 43.4 Å². The third-order valence-electron chi connectivity index (χ3n) is 4.21. The van der Waals surface area contributed by atoms with Crippen LogP contribution in [-0.4, -0.2) is 19.2 Å². The summed E-state index contributed by atoms with van der Waals surface area (Å²) in [6.07, 6.45) is 0.937. The molecule has 1 heterocycles. The van der Waals surface area contributed by atoms with Gasteiger partial charge in [0, 0.05) is 28.5 Å². The smallest absolute Gasteiger partial charge is 0.192 e. The van der Waals surface area contributed by atoms with Crippen molar-refractivity contribution in [1.82, 2.24) is 4.98 Å². The zero-order valence-electron chi connectivity index (χ0n) is 13.2. The molecule has 24 heavy (non-hydrogen) atoms. The van der Waals surface area contributed by atoms with Crippen LogP contribution in [0, 0.1) is 0 Å². The summed E-state index contributed by atoms with van der Waals surface area (Å²) >= 11 is 3.85. The van der Waals surface area contributed by atoms with Gasteiger partial charge >= 0.3 is 0 Å². The predicted octanol–water partition coefficient (Wildman–Crippen LogP) is 5.16. The number of hydrogen-bond acceptors (Lipinski definition) is 5. The highest BCUT2D eigenvalue weighted by atomic mass is 127. The monoisotopic (exact) mass is 450 g/mol. The first-order valence-electron chi connectivity index (χ1n) is 7.45. The molecule has 0 unspecified atom stereocenters. The molecule has 0 spiro atoms. The first kappa shape index (κ1) is 15.7. The van der Waals surface area contributed by atoms with Gasteiger partial charge in [0.1, 0.15) is 11.5 Å². The fraction of sp³-hybridized carbons (Fsp3) is 0.167. The summed E-state index contributed by atoms with van der Waals surface area (Å²) in [5, 5.41) is 0.965. The number of nitrogens with zero attached hydrogens (tertiary/aromatic N) is 1. The predicted molar refractivity (Wildman–Crippen MR) is 107 cm³/mol. The lowest BCUT2D eigenvalue weighted by atomic mass is 9.99. The summed E-state index contributed by atoms with van der Waals surface area (Å²) in [5.74, 6) is 1.61. The highest BCUT2D eigenvalue weighted by Gasteiger charge is 2.24. The van der Waals surface area contributed by atoms with Crippen LogP contribution in [0.2, 0.25) is 0 Å². The number of aromatic nitrogens is 1. The minimum absolute atomic E-state index is 0.793. The third-order valence-corrected chi connectivity index (χ3v) is 6.06. The van der Waals surface area contributed by atoms with Crippen LogP contribution in [0.15, 0.2) is 36.4 Å². The van der Waals surface area contributed by atoms with Crippen molar-refractivity contribution in [2.24, 2.45) is 0 Å². The number of thiazole rings is 1. The molecular weight excluding hydrogens is 435 g/mol. The summed E-state index contributed by atoms with van der Waals surface area (Å²) in [4.78, 5) is 5.99. The van der Waals surface area contributed by atoms with Crippen LogP contribution in [-0.2, 0) is 6.42 Å². The first-order valence-corrected chi connectivity index (χ1v) is 9.35. The van der Waals surface area contributed by atoms with E-state index in [9.17, 15) is 0 Å². The van der Waals surface area contributed by atoms with E-state index in [4.69, 9.17) is 9.47 Å². The molecular formula is C18H15IN2O2S. The molecule has 0 saturated carbocycles. The van der Waals surface area contributed by atoms with Crippen LogP contribution in [0.3, 0.4) is 0 Å². The lowest BCUT2D eigenvalue weighted by Gasteiger charge is -2.12. The molecule has 4 nitrogen and oxygen atoms in total. The molecule has 1 aliphatic carbocycles. The molecule has 1 aromatic heterocycles. The van der Waals surface area contributed by atoms with E-state index in [2.05, 4.69) is 49.6 Å². The van der Waals surface area contributed by atoms with Crippen LogP contribution >= 0.6 is 34.2 Å². The van der Waals surface area contributed by atoms with Crippen molar-refractivity contribution in [3.05, 3.63) is 46.8 Å². The Bertz CT molecular complexity index is 923. The second kappa shape index (κ2) is 6.25. The SMILES string of the molecule is COc1ccc(-c2ccc3c(c2)Cc2sc(NI)nc2-3)c(OC)c1. The Hall–Kier alpha value is -1.80. The quantitative estimate of drug-likeness (QED) is 0.345. The molecule has 0 saturated heterocycles. The molecule has 1 aliphatic rings. The lowest BCUT2D eigenvalue weighted by Crippen LogP contribution is -1.91. The maximum atomic E-state index is 5.54. The molecule has 0 radical (unpaired) electrons. The van der Waals surface area contributed by atoms with Gasteiger partial charge in [0.15, 0.2) is 5.13 Å². The molecule has 4 rings (SSSR count). The van der Waals surface area contributed by atoms with E-state index in [1.807, 2.05) is 18.2 Å². The van der Waals surface area contributed by atoms with Crippen LogP contribution < -0.4 is 13.0 Å². The third kappa shape index (κ3) is 2.53. The summed E-state index contributed by atoms with van der Waals surface area (Å²) in [5.41, 5.74) is 5.88. The largest absolute Gasteiger partial charge is 0.497 e. The van der Waals surface area contributed by atoms with Gasteiger partial charge in [0.2, 0.25) is 0 Å². The van der Waals surface area contributed by atoms with Gasteiger partial charge in [0.05, 0.1) is 42.8 Å². The summed E-state index contributed by atoms with van der Waals surface area (Å²) in [6.45, 7) is 0. The number of halogens is 1. The Labute approximate surface area is 158 Å². The number of ether oxygens (including phenoxy) is 2. The van der Waals surface area contributed by atoms with E-state index < -0.39 is 0 Å². The average Bonchev–Trinajstić information content (AvgIpc) is 3.17. The lowest BCUT2D eigenvalue weighted by molar-refractivity contribution is 0.395. The fourth-order valence-electron chi connectivity index (χ4n) is 3.07. The van der Waals surface area contributed by atoms with Crippen molar-refractivity contribution < 1.29 is 9.47 Å². The molecule has 0 amide bonds. The molecule has 3 aromatic rings. The molecule has 0 fully saturated rings. The summed E-state index contributed by atoms with van der Waals surface area (Å²) in [7, 11) is 3.35. The Morgan fingerprint density at radius 1 is 1.08 bits per heavy atom. The van der Waals surface area contributed by atoms with Crippen molar-refractivity contribution in [2.45, 2.75) is 6.42 Å². The second-order valence-corrected chi connectivity index (χ2v) is 7.12. The Morgan fingerprint density at radius 3 is 2.67 bits per heavy atom. The van der Waals surface area contributed by atoms with Crippen LogP contribution in [0.5, 0.6) is 11.5 Å². The summed E-state index contributed by atoms with van der Waals surface area (Å²) < 4.78 is 13.9. The molecule has 6 heteroatoms. The number of hydrogen-bond donors (Lipinski definition) is 1. The number of rotatable bonds is 4. The number of methoxy groups -OCH3 is 2. The molecule has 122 valence electrons. The zero-order chi connectivity index (χ0) is 16.7. The van der Waals surface area contributed by atoms with Gasteiger partial charge in [-0.15, -0.1) is 11.3 Å². The normalized spacial score (nSPS) is 11.8. The Balaban J connectivity index is 1.76. The van der Waals surface area contributed by atoms with Gasteiger partial charge in [-0.2, -0.15) is 0 Å². The van der Waals surface area contributed by atoms with Gasteiger partial charge in [-0.3, -0.25) is 0 Å². The van der Waals surface area contributed by atoms with Crippen LogP contribution in [0.1, 0.15) is 10.4 Å². The molecule has 0 bridgehead atoms. The maximum absolute atomic E-state index is 5.54. The van der Waals surface area contributed by atoms with Crippen molar-refractivity contribution >= 4 is 39.3 Å². The minimum Gasteiger partial charge on any atom is -0.497 e. The van der Waals surface area contributed by atoms with E-state index in [1.54, 1.807) is 25.6 Å². The van der Waals surface area contributed by atoms with Crippen molar-refractivity contribution in [3.8, 4) is 33.9 Å². The van der Waals surface area contributed by atoms with Crippen LogP contribution in [0.25, 0.3) is 22.4 Å². The van der Waals surface area contributed by atoms with E-state index in [-0.39, 0.29) is 0 Å². The molecule has 0 aliphatic heterocycles. The number of anilines is 1. The van der Waals surface area contributed by atoms with E-state index in [1.165, 1.54) is 16.0 Å². The fourth-order valence-corrected chi connectivity index (χ4v) is 4.41. The minimum atomic E-state index is 0.793. The van der Waals surface area contributed by atoms with Gasteiger partial charge in [-0.25, -0.2) is 4.98 Å². The van der Waals surface area contributed by atoms with Gasteiger partial charge < -0.3 is 13.0 Å². The Kier molecular flexibility index (Phi) is 4.09. The number of nitrogens with one attached hydrogen (secondary N) is 1. The Morgan fingerprint density at radius 2 is 1.92 bits per heavy atom. The number of fused-ring (bicyclic) bond motifs is 3. The number of benzene rings is 2. The van der Waals surface area contributed by atoms with E-state index in [0.717, 1.165) is 39.9 Å². The molecule has 1 N–H and O–H groups in total. The average molecular weight is 450 g/mol. The van der Waals surface area contributed by atoms with Crippen molar-refractivity contribution in [3.63, 3.8) is 0 Å². The van der Waals surface area contributed by atoms with Crippen LogP contribution in [0.4, 0.5) is 5.13 Å². The zero-order valence-corrected chi connectivity index (χ0v) is 16.2. The second-order valence-electron chi connectivity index (χ2n) is 5.50. The van der Waals surface area contributed by atoms with Gasteiger partial charge in [0.25, 0.3) is 0 Å². The first-order chi connectivity index (χ1) is 11.7. The van der Waals surface area contributed by atoms with E-state index in [0.29, 0.717) is 0 Å². The summed E-state index contributed by atoms with van der Waals surface area (Å²) in [6, 6.07) is 12.5. The van der Waals surface area contributed by atoms with E-state index >= 15 is 0 Å². The van der Waals surface area contributed by atoms with Gasteiger partial charge in [-0.05, 0) is 29.3 Å². The van der Waals surface area contributed by atoms with Crippen molar-refractivity contribution in [1.29, 1.82) is 0 Å². The highest BCUT2D eigenvalue weighted by Crippen LogP contribution is 2.43.